The Hall–Kier alpha value is -7.24. The number of rotatable bonds is 6. The zero-order valence-electron chi connectivity index (χ0n) is 32.5. The topological polar surface area (TPSA) is 46.6 Å². The molecule has 0 saturated carbocycles. The molecule has 58 heavy (non-hydrogen) atoms. The summed E-state index contributed by atoms with van der Waals surface area (Å²) in [4.78, 5) is 10.3. The van der Waals surface area contributed by atoms with Gasteiger partial charge in [-0.25, -0.2) is 9.98 Å². The van der Waals surface area contributed by atoms with Crippen molar-refractivity contribution in [3.05, 3.63) is 216 Å². The summed E-state index contributed by atoms with van der Waals surface area (Å²) in [6.07, 6.45) is 9.68. The molecule has 3 heterocycles. The summed E-state index contributed by atoms with van der Waals surface area (Å²) in [6.45, 7) is 4.52. The van der Waals surface area contributed by atoms with Crippen LogP contribution in [0.5, 0.6) is 0 Å². The van der Waals surface area contributed by atoms with Gasteiger partial charge < -0.3 is 14.5 Å². The molecular weight excluding hydrogens is 707 g/mol. The average molecular weight is 748 g/mol. The molecular formula is C53H41N5. The summed E-state index contributed by atoms with van der Waals surface area (Å²) in [5.74, 6) is 1.56. The third-order valence-electron chi connectivity index (χ3n) is 12.1. The van der Waals surface area contributed by atoms with Gasteiger partial charge in [0.05, 0.1) is 16.6 Å². The van der Waals surface area contributed by atoms with Gasteiger partial charge in [0.15, 0.2) is 5.84 Å². The lowest BCUT2D eigenvalue weighted by molar-refractivity contribution is 0.596. The Bertz CT molecular complexity index is 3200. The standard InChI is InChI=1S/C53H41N5/c1-35-15-9-11-24-45(35)57-32-30-36-26-27-42-43(49(36)57)28-29-47-48(42)44-23-10-12-25-46(44)58(47)41-22-13-21-40(33-41)53(2)31-14-20-39(34-53)52-55-50(37-16-5-3-6-17-37)54-51(56-52)38-18-7-4-8-19-38/h3-30,32-34,50H,31H2,1-2H3,(H,54,55,56). The number of aryl methyl sites for hydroxylation is 1. The molecule has 278 valence electrons. The van der Waals surface area contributed by atoms with Crippen LogP contribution < -0.4 is 5.32 Å². The number of hydrogen-bond acceptors (Lipinski definition) is 3. The molecule has 0 bridgehead atoms. The van der Waals surface area contributed by atoms with Crippen molar-refractivity contribution in [2.75, 3.05) is 0 Å². The molecule has 0 spiro atoms. The van der Waals surface area contributed by atoms with Crippen molar-refractivity contribution in [3.8, 4) is 11.4 Å². The maximum absolute atomic E-state index is 5.20. The van der Waals surface area contributed by atoms with Crippen LogP contribution in [-0.2, 0) is 5.41 Å². The van der Waals surface area contributed by atoms with Gasteiger partial charge >= 0.3 is 0 Å². The van der Waals surface area contributed by atoms with E-state index in [2.05, 4.69) is 204 Å². The molecule has 2 aliphatic rings. The highest BCUT2D eigenvalue weighted by molar-refractivity contribution is 6.25. The second-order valence-electron chi connectivity index (χ2n) is 15.8. The van der Waals surface area contributed by atoms with E-state index < -0.39 is 0 Å². The summed E-state index contributed by atoms with van der Waals surface area (Å²) < 4.78 is 4.80. The lowest BCUT2D eigenvalue weighted by Crippen LogP contribution is -2.34. The highest BCUT2D eigenvalue weighted by Gasteiger charge is 2.30. The Balaban J connectivity index is 1.04. The summed E-state index contributed by atoms with van der Waals surface area (Å²) in [5, 5.41) is 9.87. The Morgan fingerprint density at radius 1 is 0.690 bits per heavy atom. The van der Waals surface area contributed by atoms with E-state index in [4.69, 9.17) is 9.98 Å². The first-order valence-electron chi connectivity index (χ1n) is 20.1. The fraction of sp³-hybridized carbons (Fsp3) is 0.0943. The first kappa shape index (κ1) is 34.0. The monoisotopic (exact) mass is 747 g/mol. The summed E-state index contributed by atoms with van der Waals surface area (Å²) in [5.41, 5.74) is 11.4. The van der Waals surface area contributed by atoms with Crippen molar-refractivity contribution >= 4 is 55.2 Å². The highest BCUT2D eigenvalue weighted by atomic mass is 15.2. The van der Waals surface area contributed by atoms with Crippen molar-refractivity contribution in [1.82, 2.24) is 14.5 Å². The smallest absolute Gasteiger partial charge is 0.159 e. The van der Waals surface area contributed by atoms with Gasteiger partial charge in [-0.1, -0.05) is 153 Å². The third-order valence-corrected chi connectivity index (χ3v) is 12.1. The highest BCUT2D eigenvalue weighted by Crippen LogP contribution is 2.42. The largest absolute Gasteiger partial charge is 0.344 e. The minimum Gasteiger partial charge on any atom is -0.344 e. The van der Waals surface area contributed by atoms with E-state index in [1.807, 2.05) is 12.1 Å². The molecule has 9 aromatic rings. The lowest BCUT2D eigenvalue weighted by Gasteiger charge is -2.31. The van der Waals surface area contributed by atoms with Crippen LogP contribution in [0.4, 0.5) is 0 Å². The van der Waals surface area contributed by atoms with E-state index in [1.54, 1.807) is 0 Å². The number of fused-ring (bicyclic) bond motifs is 7. The quantitative estimate of drug-likeness (QED) is 0.181. The van der Waals surface area contributed by atoms with Crippen LogP contribution in [0.2, 0.25) is 0 Å². The number of nitrogens with zero attached hydrogens (tertiary/aromatic N) is 4. The molecule has 2 aromatic heterocycles. The maximum Gasteiger partial charge on any atom is 0.159 e. The predicted molar refractivity (Wildman–Crippen MR) is 242 cm³/mol. The van der Waals surface area contributed by atoms with Crippen LogP contribution in [0.3, 0.4) is 0 Å². The predicted octanol–water partition coefficient (Wildman–Crippen LogP) is 12.5. The summed E-state index contributed by atoms with van der Waals surface area (Å²) in [6, 6.07) is 58.8. The summed E-state index contributed by atoms with van der Waals surface area (Å²) >= 11 is 0. The number of aliphatic imine (C=N–C) groups is 2. The molecule has 0 radical (unpaired) electrons. The average Bonchev–Trinajstić information content (AvgIpc) is 3.87. The van der Waals surface area contributed by atoms with Crippen LogP contribution in [0.25, 0.3) is 54.9 Å². The van der Waals surface area contributed by atoms with Gasteiger partial charge in [-0.15, -0.1) is 0 Å². The van der Waals surface area contributed by atoms with Crippen molar-refractivity contribution in [1.29, 1.82) is 0 Å². The molecule has 1 aliphatic heterocycles. The molecule has 2 atom stereocenters. The zero-order chi connectivity index (χ0) is 38.8. The van der Waals surface area contributed by atoms with E-state index in [0.29, 0.717) is 0 Å². The normalized spacial score (nSPS) is 18.0. The number of amidine groups is 2. The van der Waals surface area contributed by atoms with E-state index in [0.717, 1.165) is 40.5 Å². The van der Waals surface area contributed by atoms with Gasteiger partial charge in [-0.2, -0.15) is 0 Å². The minimum absolute atomic E-state index is 0.246. The summed E-state index contributed by atoms with van der Waals surface area (Å²) in [7, 11) is 0. The first-order valence-corrected chi connectivity index (χ1v) is 20.1. The fourth-order valence-electron chi connectivity index (χ4n) is 9.17. The second-order valence-corrected chi connectivity index (χ2v) is 15.8. The van der Waals surface area contributed by atoms with Crippen molar-refractivity contribution in [3.63, 3.8) is 0 Å². The number of hydrogen-bond donors (Lipinski definition) is 1. The zero-order valence-corrected chi connectivity index (χ0v) is 32.5. The Kier molecular flexibility index (Phi) is 7.90. The first-order chi connectivity index (χ1) is 28.5. The van der Waals surface area contributed by atoms with Gasteiger partial charge in [0.2, 0.25) is 0 Å². The number of allylic oxidation sites excluding steroid dienone is 2. The van der Waals surface area contributed by atoms with Crippen LogP contribution >= 0.6 is 0 Å². The SMILES string of the molecule is Cc1ccccc1-n1ccc2ccc3c(ccc4c3c3ccccc3n4-c3cccc(C4(C)C=C(C5=NC(c6ccccc6)NC(c6ccccc6)=N5)C=CC4)c3)c21. The van der Waals surface area contributed by atoms with Gasteiger partial charge in [0.1, 0.15) is 12.0 Å². The molecule has 0 saturated heterocycles. The van der Waals surface area contributed by atoms with Gasteiger partial charge in [0, 0.05) is 55.7 Å². The third kappa shape index (κ3) is 5.53. The van der Waals surface area contributed by atoms with Crippen molar-refractivity contribution in [2.45, 2.75) is 31.8 Å². The molecule has 1 aliphatic carbocycles. The van der Waals surface area contributed by atoms with Crippen molar-refractivity contribution < 1.29 is 0 Å². The van der Waals surface area contributed by atoms with Gasteiger partial charge in [-0.3, -0.25) is 0 Å². The van der Waals surface area contributed by atoms with Gasteiger partial charge in [-0.05, 0) is 71.8 Å². The maximum atomic E-state index is 5.20. The molecule has 5 nitrogen and oxygen atoms in total. The van der Waals surface area contributed by atoms with Crippen LogP contribution in [-0.4, -0.2) is 20.8 Å². The molecule has 0 fully saturated rings. The number of para-hydroxylation sites is 2. The van der Waals surface area contributed by atoms with E-state index in [9.17, 15) is 0 Å². The van der Waals surface area contributed by atoms with E-state index in [-0.39, 0.29) is 11.6 Å². The molecule has 11 rings (SSSR count). The Labute approximate surface area is 337 Å². The molecule has 0 amide bonds. The molecule has 7 aromatic carbocycles. The van der Waals surface area contributed by atoms with E-state index >= 15 is 0 Å². The number of aromatic nitrogens is 2. The molecule has 5 heteroatoms. The minimum atomic E-state index is -0.282. The van der Waals surface area contributed by atoms with Gasteiger partial charge in [0.25, 0.3) is 0 Å². The fourth-order valence-corrected chi connectivity index (χ4v) is 9.17. The lowest BCUT2D eigenvalue weighted by atomic mass is 9.75. The number of nitrogens with one attached hydrogen (secondary N) is 1. The second kappa shape index (κ2) is 13.5. The number of benzene rings is 7. The Morgan fingerprint density at radius 3 is 2.33 bits per heavy atom. The van der Waals surface area contributed by atoms with Crippen LogP contribution in [0, 0.1) is 6.92 Å². The van der Waals surface area contributed by atoms with Crippen molar-refractivity contribution in [2.24, 2.45) is 9.98 Å². The van der Waals surface area contributed by atoms with Crippen LogP contribution in [0.15, 0.2) is 204 Å². The Morgan fingerprint density at radius 2 is 1.47 bits per heavy atom. The molecule has 1 N–H and O–H groups in total. The van der Waals surface area contributed by atoms with E-state index in [1.165, 1.54) is 60.3 Å². The molecule has 2 unspecified atom stereocenters. The van der Waals surface area contributed by atoms with Crippen LogP contribution in [0.1, 0.15) is 41.8 Å².